The third-order valence-electron chi connectivity index (χ3n) is 6.72. The van der Waals surface area contributed by atoms with Crippen LogP contribution in [0.25, 0.3) is 11.1 Å². The molecule has 0 atom stereocenters. The first-order valence-corrected chi connectivity index (χ1v) is 13.4. The molecule has 196 valence electrons. The van der Waals surface area contributed by atoms with Gasteiger partial charge < -0.3 is 4.90 Å². The van der Waals surface area contributed by atoms with Crippen molar-refractivity contribution in [3.05, 3.63) is 109 Å². The molecule has 0 N–H and O–H groups in total. The Morgan fingerprint density at radius 1 is 0.553 bits per heavy atom. The molecule has 38 heavy (non-hydrogen) atoms. The van der Waals surface area contributed by atoms with Crippen molar-refractivity contribution in [1.82, 2.24) is 0 Å². The van der Waals surface area contributed by atoms with E-state index in [-0.39, 0.29) is 0 Å². The molecule has 8 heteroatoms. The third kappa shape index (κ3) is 4.67. The number of benzene rings is 4. The Morgan fingerprint density at radius 2 is 0.974 bits per heavy atom. The first kappa shape index (κ1) is 26.9. The number of alkyl halides is 4. The van der Waals surface area contributed by atoms with Crippen molar-refractivity contribution in [2.24, 2.45) is 0 Å². The average molecular weight is 649 g/mol. The van der Waals surface area contributed by atoms with Crippen LogP contribution in [0.3, 0.4) is 0 Å². The number of halogens is 6. The molecule has 0 aliphatic carbocycles. The molecule has 1 aliphatic heterocycles. The minimum Gasteiger partial charge on any atom is -0.310 e. The van der Waals surface area contributed by atoms with E-state index in [1.165, 1.54) is 6.07 Å². The van der Waals surface area contributed by atoms with Gasteiger partial charge in [-0.1, -0.05) is 50.1 Å². The predicted octanol–water partition coefficient (Wildman–Crippen LogP) is 10.7. The highest BCUT2D eigenvalue weighted by molar-refractivity contribution is 9.10. The van der Waals surface area contributed by atoms with Gasteiger partial charge in [-0.15, -0.1) is 0 Å². The van der Waals surface area contributed by atoms with E-state index in [4.69, 9.17) is 0 Å². The van der Waals surface area contributed by atoms with Crippen molar-refractivity contribution < 1.29 is 22.3 Å². The molecule has 0 saturated heterocycles. The summed E-state index contributed by atoms with van der Waals surface area (Å²) in [5.41, 5.74) is 6.54. The first-order valence-electron chi connectivity index (χ1n) is 11.8. The number of nitrogens with zero attached hydrogens (tertiary/aromatic N) is 1. The van der Waals surface area contributed by atoms with E-state index >= 15 is 0 Å². The molecule has 5 rings (SSSR count). The lowest BCUT2D eigenvalue weighted by Gasteiger charge is -2.28. The van der Waals surface area contributed by atoms with Gasteiger partial charge in [-0.2, -0.15) is 17.6 Å². The van der Waals surface area contributed by atoms with Crippen LogP contribution in [0.5, 0.6) is 0 Å². The number of hydrogen-bond acceptors (Lipinski definition) is 2. The van der Waals surface area contributed by atoms with E-state index < -0.39 is 23.3 Å². The lowest BCUT2D eigenvalue weighted by Crippen LogP contribution is -2.17. The average Bonchev–Trinajstić information content (AvgIpc) is 3.04. The Morgan fingerprint density at radius 3 is 1.45 bits per heavy atom. The van der Waals surface area contributed by atoms with Gasteiger partial charge in [0.05, 0.1) is 11.1 Å². The Labute approximate surface area is 235 Å². The van der Waals surface area contributed by atoms with Crippen molar-refractivity contribution in [2.75, 3.05) is 4.90 Å². The quantitative estimate of drug-likeness (QED) is 0.204. The van der Waals surface area contributed by atoms with Crippen molar-refractivity contribution in [2.45, 2.75) is 39.9 Å². The summed E-state index contributed by atoms with van der Waals surface area (Å²) >= 11 is 7.29. The van der Waals surface area contributed by atoms with Gasteiger partial charge in [0.25, 0.3) is 0 Å². The van der Waals surface area contributed by atoms with Crippen molar-refractivity contribution in [1.29, 1.82) is 0 Å². The van der Waals surface area contributed by atoms with Crippen LogP contribution >= 0.6 is 31.9 Å². The Balaban J connectivity index is 1.60. The summed E-state index contributed by atoms with van der Waals surface area (Å²) < 4.78 is 61.9. The molecule has 1 heterocycles. The summed E-state index contributed by atoms with van der Waals surface area (Å²) in [7, 11) is 0. The van der Waals surface area contributed by atoms with E-state index in [1.54, 1.807) is 12.1 Å². The Hall–Kier alpha value is -2.68. The molecule has 0 radical (unpaired) electrons. The second-order valence-corrected chi connectivity index (χ2v) is 11.2. The Bertz CT molecular complexity index is 1460. The zero-order valence-corrected chi connectivity index (χ0v) is 24.1. The molecule has 0 amide bonds. The largest absolute Gasteiger partial charge is 0.388 e. The van der Waals surface area contributed by atoms with E-state index in [0.29, 0.717) is 11.1 Å². The van der Waals surface area contributed by atoms with Crippen LogP contribution in [0.1, 0.15) is 33.4 Å². The number of anilines is 3. The molecule has 0 bridgehead atoms. The zero-order valence-electron chi connectivity index (χ0n) is 21.0. The third-order valence-corrected chi connectivity index (χ3v) is 9.22. The summed E-state index contributed by atoms with van der Waals surface area (Å²) in [5.74, 6) is 0. The van der Waals surface area contributed by atoms with Gasteiger partial charge in [0.2, 0.25) is 0 Å². The van der Waals surface area contributed by atoms with E-state index in [1.807, 2.05) is 39.8 Å². The Kier molecular flexibility index (Phi) is 6.73. The maximum atomic E-state index is 14.1. The van der Waals surface area contributed by atoms with Gasteiger partial charge >= 0.3 is 12.2 Å². The van der Waals surface area contributed by atoms with Gasteiger partial charge in [-0.25, -0.2) is 4.74 Å². The summed E-state index contributed by atoms with van der Waals surface area (Å²) in [6.07, 6.45) is -8.08. The lowest BCUT2D eigenvalue weighted by atomic mass is 9.98. The smallest absolute Gasteiger partial charge is 0.310 e. The topological polar surface area (TPSA) is 12.5 Å². The highest BCUT2D eigenvalue weighted by Gasteiger charge is 2.57. The summed E-state index contributed by atoms with van der Waals surface area (Å²) in [6, 6.07) is 19.3. The van der Waals surface area contributed by atoms with Crippen molar-refractivity contribution in [3.63, 3.8) is 0 Å². The summed E-state index contributed by atoms with van der Waals surface area (Å²) in [4.78, 5) is 2.13. The van der Waals surface area contributed by atoms with E-state index in [9.17, 15) is 17.6 Å². The fourth-order valence-electron chi connectivity index (χ4n) is 4.84. The van der Waals surface area contributed by atoms with Crippen LogP contribution in [0.2, 0.25) is 0 Å². The zero-order chi connectivity index (χ0) is 27.6. The molecule has 4 aromatic carbocycles. The maximum Gasteiger partial charge on any atom is 0.388 e. The highest BCUT2D eigenvalue weighted by atomic mass is 79.9. The number of hydrogen-bond donors (Lipinski definition) is 0. The SMILES string of the molecule is Cc1cc(N(c2ccc(-c3ccc4c(c3)C(F)(F)OC4(F)F)cc2)c2cc(C)c(Br)c(C)c2)cc(C)c1Br. The minimum atomic E-state index is -4.06. The molecule has 0 unspecified atom stereocenters. The molecule has 0 fully saturated rings. The molecule has 4 aromatic rings. The van der Waals surface area contributed by atoms with Gasteiger partial charge in [-0.3, -0.25) is 0 Å². The normalized spacial score (nSPS) is 15.4. The summed E-state index contributed by atoms with van der Waals surface area (Å²) in [6.45, 7) is 8.15. The monoisotopic (exact) mass is 647 g/mol. The second-order valence-electron chi connectivity index (χ2n) is 9.57. The van der Waals surface area contributed by atoms with Gasteiger partial charge in [0.1, 0.15) is 0 Å². The maximum absolute atomic E-state index is 14.1. The lowest BCUT2D eigenvalue weighted by molar-refractivity contribution is -0.369. The van der Waals surface area contributed by atoms with Crippen LogP contribution in [0.15, 0.2) is 75.7 Å². The molecular weight excluding hydrogens is 626 g/mol. The second kappa shape index (κ2) is 9.50. The van der Waals surface area contributed by atoms with E-state index in [2.05, 4.69) is 65.8 Å². The number of aryl methyl sites for hydroxylation is 4. The van der Waals surface area contributed by atoms with E-state index in [0.717, 1.165) is 60.4 Å². The van der Waals surface area contributed by atoms with Crippen molar-refractivity contribution >= 4 is 48.9 Å². The van der Waals surface area contributed by atoms with Gasteiger partial charge in [0.15, 0.2) is 0 Å². The molecule has 1 aliphatic rings. The highest BCUT2D eigenvalue weighted by Crippen LogP contribution is 2.51. The number of ether oxygens (including phenoxy) is 1. The van der Waals surface area contributed by atoms with Crippen LogP contribution < -0.4 is 4.90 Å². The number of fused-ring (bicyclic) bond motifs is 1. The molecule has 0 aromatic heterocycles. The van der Waals surface area contributed by atoms with Crippen LogP contribution in [-0.2, 0) is 17.0 Å². The van der Waals surface area contributed by atoms with Gasteiger partial charge in [0, 0.05) is 26.0 Å². The van der Waals surface area contributed by atoms with Crippen LogP contribution in [0, 0.1) is 27.7 Å². The standard InChI is InChI=1S/C30H23Br2F4NO/c1-16-11-23(12-17(2)27(16)31)37(24-13-18(3)28(32)19(4)14-24)22-8-5-20(6-9-22)21-7-10-25-26(15-21)30(35,36)38-29(25,33)34/h5-15H,1-4H3. The molecule has 0 spiro atoms. The van der Waals surface area contributed by atoms with Crippen LogP contribution in [-0.4, -0.2) is 0 Å². The minimum absolute atomic E-state index is 0.397. The summed E-state index contributed by atoms with van der Waals surface area (Å²) in [5, 5.41) is 0. The van der Waals surface area contributed by atoms with Crippen molar-refractivity contribution in [3.8, 4) is 11.1 Å². The molecule has 0 saturated carbocycles. The molecular formula is C30H23Br2F4NO. The fourth-order valence-corrected chi connectivity index (χ4v) is 5.30. The fraction of sp³-hybridized carbons (Fsp3) is 0.200. The molecule has 2 nitrogen and oxygen atoms in total. The van der Waals surface area contributed by atoms with Gasteiger partial charge in [-0.05, 0) is 110 Å². The number of rotatable bonds is 4. The predicted molar refractivity (Wildman–Crippen MR) is 150 cm³/mol. The van der Waals surface area contributed by atoms with Crippen LogP contribution in [0.4, 0.5) is 34.6 Å². The first-order chi connectivity index (χ1) is 17.8.